The zero-order chi connectivity index (χ0) is 21.4. The molecule has 0 radical (unpaired) electrons. The first-order valence-corrected chi connectivity index (χ1v) is 10.4. The van der Waals surface area contributed by atoms with Gasteiger partial charge in [-0.3, -0.25) is 9.59 Å². The van der Waals surface area contributed by atoms with E-state index in [2.05, 4.69) is 0 Å². The third-order valence-electron chi connectivity index (χ3n) is 6.42. The van der Waals surface area contributed by atoms with Gasteiger partial charge in [0.2, 0.25) is 5.91 Å². The summed E-state index contributed by atoms with van der Waals surface area (Å²) in [6, 6.07) is 15.7. The molecular formula is C24H29N3O3. The predicted octanol–water partition coefficient (Wildman–Crippen LogP) is 3.05. The quantitative estimate of drug-likeness (QED) is 0.782. The van der Waals surface area contributed by atoms with Crippen LogP contribution in [0.25, 0.3) is 0 Å². The minimum absolute atomic E-state index is 0.00989. The SMILES string of the molecule is COc1ccc([C@H]2[C@@H]3CN(C(=O)c4cccc(N(C)C)c4)C[C@@H]3CN2C(C)=O)cc1. The molecule has 0 unspecified atom stereocenters. The summed E-state index contributed by atoms with van der Waals surface area (Å²) in [6.07, 6.45) is 0. The van der Waals surface area contributed by atoms with Gasteiger partial charge in [-0.15, -0.1) is 0 Å². The number of hydrogen-bond acceptors (Lipinski definition) is 4. The van der Waals surface area contributed by atoms with Crippen LogP contribution in [0.4, 0.5) is 5.69 Å². The molecule has 6 nitrogen and oxygen atoms in total. The molecule has 2 fully saturated rings. The summed E-state index contributed by atoms with van der Waals surface area (Å²) in [6.45, 7) is 3.67. The van der Waals surface area contributed by atoms with Crippen LogP contribution in [-0.4, -0.2) is 62.5 Å². The maximum absolute atomic E-state index is 13.2. The van der Waals surface area contributed by atoms with Crippen LogP contribution < -0.4 is 9.64 Å². The number of methoxy groups -OCH3 is 1. The predicted molar refractivity (Wildman–Crippen MR) is 117 cm³/mol. The number of carbonyl (C=O) groups excluding carboxylic acids is 2. The fraction of sp³-hybridized carbons (Fsp3) is 0.417. The summed E-state index contributed by atoms with van der Waals surface area (Å²) >= 11 is 0. The minimum atomic E-state index is -0.00989. The molecule has 2 heterocycles. The lowest BCUT2D eigenvalue weighted by Gasteiger charge is -2.29. The Balaban J connectivity index is 1.57. The number of carbonyl (C=O) groups is 2. The third kappa shape index (κ3) is 3.62. The van der Waals surface area contributed by atoms with E-state index in [-0.39, 0.29) is 23.8 Å². The van der Waals surface area contributed by atoms with Crippen LogP contribution in [0.1, 0.15) is 28.9 Å². The van der Waals surface area contributed by atoms with Gasteiger partial charge in [0, 0.05) is 63.7 Å². The summed E-state index contributed by atoms with van der Waals surface area (Å²) in [5.41, 5.74) is 2.83. The molecule has 4 rings (SSSR count). The highest BCUT2D eigenvalue weighted by Crippen LogP contribution is 2.45. The molecule has 6 heteroatoms. The Morgan fingerprint density at radius 1 is 1.03 bits per heavy atom. The van der Waals surface area contributed by atoms with Gasteiger partial charge in [-0.25, -0.2) is 0 Å². The standard InChI is InChI=1S/C24H29N3O3/c1-16(28)27-14-19-13-26(24(29)18-6-5-7-20(12-18)25(2)3)15-22(19)23(27)17-8-10-21(30-4)11-9-17/h5-12,19,22-23H,13-15H2,1-4H3/t19-,22-,23+/m1/s1. The molecule has 2 aliphatic heterocycles. The van der Waals surface area contributed by atoms with Crippen molar-refractivity contribution in [1.29, 1.82) is 0 Å². The summed E-state index contributed by atoms with van der Waals surface area (Å²) in [5.74, 6) is 1.48. The van der Waals surface area contributed by atoms with E-state index in [1.807, 2.05) is 77.3 Å². The molecule has 3 atom stereocenters. The topological polar surface area (TPSA) is 53.1 Å². The molecule has 2 aliphatic rings. The minimum Gasteiger partial charge on any atom is -0.497 e. The summed E-state index contributed by atoms with van der Waals surface area (Å²) in [4.78, 5) is 31.5. The Morgan fingerprint density at radius 2 is 1.77 bits per heavy atom. The van der Waals surface area contributed by atoms with E-state index in [4.69, 9.17) is 4.74 Å². The van der Waals surface area contributed by atoms with Gasteiger partial charge >= 0.3 is 0 Å². The molecule has 2 aromatic rings. The second-order valence-electron chi connectivity index (χ2n) is 8.47. The first-order valence-electron chi connectivity index (χ1n) is 10.4. The average Bonchev–Trinajstić information content (AvgIpc) is 3.31. The Morgan fingerprint density at radius 3 is 2.40 bits per heavy atom. The number of benzene rings is 2. The Bertz CT molecular complexity index is 941. The molecule has 30 heavy (non-hydrogen) atoms. The lowest BCUT2D eigenvalue weighted by molar-refractivity contribution is -0.130. The van der Waals surface area contributed by atoms with Crippen molar-refractivity contribution in [3.8, 4) is 5.75 Å². The van der Waals surface area contributed by atoms with Crippen LogP contribution >= 0.6 is 0 Å². The maximum Gasteiger partial charge on any atom is 0.253 e. The van der Waals surface area contributed by atoms with Crippen LogP contribution in [0.5, 0.6) is 5.75 Å². The molecule has 0 aromatic heterocycles. The van der Waals surface area contributed by atoms with E-state index in [1.165, 1.54) is 0 Å². The van der Waals surface area contributed by atoms with E-state index < -0.39 is 0 Å². The first kappa shape index (κ1) is 20.3. The summed E-state index contributed by atoms with van der Waals surface area (Å²) in [7, 11) is 5.59. The van der Waals surface area contributed by atoms with Crippen molar-refractivity contribution in [3.63, 3.8) is 0 Å². The van der Waals surface area contributed by atoms with E-state index in [0.29, 0.717) is 31.1 Å². The zero-order valence-electron chi connectivity index (χ0n) is 18.0. The number of fused-ring (bicyclic) bond motifs is 1. The lowest BCUT2D eigenvalue weighted by Crippen LogP contribution is -2.36. The molecule has 0 spiro atoms. The van der Waals surface area contributed by atoms with E-state index in [9.17, 15) is 9.59 Å². The molecule has 158 valence electrons. The van der Waals surface area contributed by atoms with Gasteiger partial charge < -0.3 is 19.4 Å². The van der Waals surface area contributed by atoms with Gasteiger partial charge in [0.25, 0.3) is 5.91 Å². The van der Waals surface area contributed by atoms with E-state index in [1.54, 1.807) is 14.0 Å². The average molecular weight is 408 g/mol. The van der Waals surface area contributed by atoms with Gasteiger partial charge in [-0.2, -0.15) is 0 Å². The van der Waals surface area contributed by atoms with Crippen molar-refractivity contribution >= 4 is 17.5 Å². The second-order valence-corrected chi connectivity index (χ2v) is 8.47. The highest BCUT2D eigenvalue weighted by Gasteiger charge is 2.49. The number of amides is 2. The zero-order valence-corrected chi connectivity index (χ0v) is 18.0. The van der Waals surface area contributed by atoms with Gasteiger partial charge in [-0.1, -0.05) is 18.2 Å². The summed E-state index contributed by atoms with van der Waals surface area (Å²) in [5, 5.41) is 0. The van der Waals surface area contributed by atoms with Crippen LogP contribution in [0.3, 0.4) is 0 Å². The number of nitrogens with zero attached hydrogens (tertiary/aromatic N) is 3. The van der Waals surface area contributed by atoms with Gasteiger partial charge in [-0.05, 0) is 35.9 Å². The molecule has 0 bridgehead atoms. The molecule has 2 saturated heterocycles. The van der Waals surface area contributed by atoms with Crippen molar-refractivity contribution in [2.24, 2.45) is 11.8 Å². The number of rotatable bonds is 4. The van der Waals surface area contributed by atoms with E-state index in [0.717, 1.165) is 17.0 Å². The van der Waals surface area contributed by atoms with E-state index >= 15 is 0 Å². The fourth-order valence-corrected chi connectivity index (χ4v) is 4.86. The third-order valence-corrected chi connectivity index (χ3v) is 6.42. The number of anilines is 1. The molecular weight excluding hydrogens is 378 g/mol. The molecule has 2 aromatic carbocycles. The Hall–Kier alpha value is -3.02. The van der Waals surface area contributed by atoms with Gasteiger partial charge in [0.05, 0.1) is 13.2 Å². The van der Waals surface area contributed by atoms with Crippen LogP contribution in [0.2, 0.25) is 0 Å². The Kier molecular flexibility index (Phi) is 5.41. The fourth-order valence-electron chi connectivity index (χ4n) is 4.86. The van der Waals surface area contributed by atoms with Crippen molar-refractivity contribution < 1.29 is 14.3 Å². The van der Waals surface area contributed by atoms with Gasteiger partial charge in [0.15, 0.2) is 0 Å². The highest BCUT2D eigenvalue weighted by molar-refractivity contribution is 5.95. The monoisotopic (exact) mass is 407 g/mol. The van der Waals surface area contributed by atoms with Gasteiger partial charge in [0.1, 0.15) is 5.75 Å². The van der Waals surface area contributed by atoms with Crippen molar-refractivity contribution in [2.75, 3.05) is 45.7 Å². The van der Waals surface area contributed by atoms with Crippen molar-refractivity contribution in [1.82, 2.24) is 9.80 Å². The first-order chi connectivity index (χ1) is 14.4. The molecule has 0 saturated carbocycles. The number of ether oxygens (including phenoxy) is 1. The van der Waals surface area contributed by atoms with Crippen molar-refractivity contribution in [2.45, 2.75) is 13.0 Å². The molecule has 2 amide bonds. The Labute approximate surface area is 178 Å². The smallest absolute Gasteiger partial charge is 0.253 e. The highest BCUT2D eigenvalue weighted by atomic mass is 16.5. The molecule has 0 aliphatic carbocycles. The largest absolute Gasteiger partial charge is 0.497 e. The second kappa shape index (κ2) is 8.01. The molecule has 0 N–H and O–H groups in total. The normalized spacial score (nSPS) is 22.7. The number of hydrogen-bond donors (Lipinski definition) is 0. The lowest BCUT2D eigenvalue weighted by atomic mass is 9.89. The van der Waals surface area contributed by atoms with Crippen molar-refractivity contribution in [3.05, 3.63) is 59.7 Å². The summed E-state index contributed by atoms with van der Waals surface area (Å²) < 4.78 is 5.28. The van der Waals surface area contributed by atoms with Crippen LogP contribution in [0.15, 0.2) is 48.5 Å². The van der Waals surface area contributed by atoms with Crippen LogP contribution in [0, 0.1) is 11.8 Å². The number of likely N-dealkylation sites (tertiary alicyclic amines) is 2. The maximum atomic E-state index is 13.2. The van der Waals surface area contributed by atoms with Crippen LogP contribution in [-0.2, 0) is 4.79 Å².